The lowest BCUT2D eigenvalue weighted by Crippen LogP contribution is -2.88. The highest BCUT2D eigenvalue weighted by molar-refractivity contribution is 6.20. The van der Waals surface area contributed by atoms with E-state index in [0.717, 1.165) is 48.4 Å². The van der Waals surface area contributed by atoms with Crippen molar-refractivity contribution in [1.29, 1.82) is 0 Å². The Morgan fingerprint density at radius 2 is 0.806 bits per heavy atom. The van der Waals surface area contributed by atoms with Crippen molar-refractivity contribution in [3.05, 3.63) is 28.3 Å². The molecule has 0 unspecified atom stereocenters. The fourth-order valence-electron chi connectivity index (χ4n) is 21.3. The standard InChI is InChI=1S/C86H118O43/c1-15-23-79(104)81(106)47(83(108,126-53-30-43(89)62(91)34(5)118-53)75(100)85(79,110)128-51-19-17-45(32(3)116-51)122-49-21-25-77(102,36(7)120-49)124-38(9)87)28-40-27-42-56(65(94)55(40)73(81)98)66(95)60(70(113-12)69(42)112-11)61-68(97)58-59(71(114-13)72(61)115-14)64(93)41-29-48-82(107,74(99)57(41)67(58)96)80(105,24-16-2)86(111,76(101)84(48,109)127-54-31-44(90)63(92)35(6)119-54)129-52-20-18-46(33(4)117-52)123-50-22-26-78(103,37(8)121-50)125-39(10)88/h27,32-37,43-54,62-63,75-76,89-97,100-111H,15-26,28-31H2,1-14H3/t32-,33-,34+,35+,36+,37+,43-,44-,45+,46+,47-,48-,49+,50+,51+,52+,53+,54+,62+,63+,75-,76-,77-,78-,79+,80+,81-,82-,83+,84+,85+,86+/m1/s1. The van der Waals surface area contributed by atoms with Crippen LogP contribution in [0.1, 0.15) is 191 Å². The number of rotatable bonds is 23. The van der Waals surface area contributed by atoms with Gasteiger partial charge in [0.15, 0.2) is 95.4 Å². The molecule has 4 aromatic carbocycles. The fourth-order valence-corrected chi connectivity index (χ4v) is 21.3. The second-order valence-electron chi connectivity index (χ2n) is 35.7. The molecule has 0 aromatic heterocycles. The Kier molecular flexibility index (Phi) is 26.5. The van der Waals surface area contributed by atoms with E-state index < -0.39 is 361 Å². The largest absolute Gasteiger partial charge is 0.507 e. The summed E-state index contributed by atoms with van der Waals surface area (Å²) in [7, 11) is 4.02. The van der Waals surface area contributed by atoms with Crippen molar-refractivity contribution in [3.63, 3.8) is 0 Å². The third-order valence-corrected chi connectivity index (χ3v) is 28.0. The first-order valence-corrected chi connectivity index (χ1v) is 43.1. The van der Waals surface area contributed by atoms with E-state index in [1.54, 1.807) is 0 Å². The monoisotopic (exact) mass is 1840 g/mol. The predicted molar refractivity (Wildman–Crippen MR) is 430 cm³/mol. The third-order valence-electron chi connectivity index (χ3n) is 28.0. The van der Waals surface area contributed by atoms with E-state index in [4.69, 9.17) is 85.3 Å². The molecule has 8 fully saturated rings. The summed E-state index contributed by atoms with van der Waals surface area (Å²) in [5.41, 5.74) is -20.1. The molecule has 14 rings (SSSR count). The number of Topliss-reactive ketones (excluding diaryl/α,β-unsaturated/α-hetero) is 2. The van der Waals surface area contributed by atoms with Crippen molar-refractivity contribution in [2.24, 2.45) is 11.8 Å². The molecule has 720 valence electrons. The Morgan fingerprint density at radius 3 is 1.19 bits per heavy atom. The summed E-state index contributed by atoms with van der Waals surface area (Å²) in [4.78, 5) is 56.7. The van der Waals surface area contributed by atoms with Gasteiger partial charge in [-0.15, -0.1) is 0 Å². The zero-order chi connectivity index (χ0) is 94.7. The van der Waals surface area contributed by atoms with Crippen LogP contribution in [0.3, 0.4) is 0 Å². The topological polar surface area (TPSA) is 659 Å². The molecule has 6 saturated heterocycles. The van der Waals surface area contributed by atoms with Gasteiger partial charge in [0, 0.05) is 76.2 Å². The number of hydrogen-bond acceptors (Lipinski definition) is 43. The molecule has 43 nitrogen and oxygen atoms in total. The Hall–Kier alpha value is -7.24. The van der Waals surface area contributed by atoms with Crippen molar-refractivity contribution in [3.8, 4) is 62.9 Å². The minimum Gasteiger partial charge on any atom is -0.507 e. The lowest BCUT2D eigenvalue weighted by Gasteiger charge is -2.65. The Labute approximate surface area is 737 Å². The molecular formula is C86H118O43. The lowest BCUT2D eigenvalue weighted by molar-refractivity contribution is -0.494. The smallest absolute Gasteiger partial charge is 0.305 e. The summed E-state index contributed by atoms with van der Waals surface area (Å²) in [5, 5.41) is 264. The molecule has 129 heavy (non-hydrogen) atoms. The first-order chi connectivity index (χ1) is 60.3. The number of benzene rings is 4. The molecule has 0 spiro atoms. The number of aliphatic hydroxyl groups excluding tert-OH is 6. The number of phenols is 5. The summed E-state index contributed by atoms with van der Waals surface area (Å²) >= 11 is 0. The molecule has 0 amide bonds. The number of carbonyl (C=O) groups excluding carboxylic acids is 4. The summed E-state index contributed by atoms with van der Waals surface area (Å²) in [6.07, 6.45) is -37.7. The minimum absolute atomic E-state index is 0.0101. The normalized spacial score (nSPS) is 42.3. The molecule has 6 aliphatic heterocycles. The zero-order valence-corrected chi connectivity index (χ0v) is 73.5. The van der Waals surface area contributed by atoms with Gasteiger partial charge in [0.05, 0.1) is 128 Å². The van der Waals surface area contributed by atoms with Gasteiger partial charge in [0.2, 0.25) is 46.3 Å². The Bertz CT molecular complexity index is 4930. The fraction of sp³-hybridized carbons (Fsp3) is 0.721. The number of fused-ring (bicyclic) bond motifs is 6. The van der Waals surface area contributed by atoms with Gasteiger partial charge in [-0.2, -0.15) is 0 Å². The van der Waals surface area contributed by atoms with Crippen LogP contribution in [0.15, 0.2) is 6.07 Å². The molecule has 10 aliphatic rings. The van der Waals surface area contributed by atoms with Crippen LogP contribution < -0.4 is 18.9 Å². The maximum absolute atomic E-state index is 16.5. The molecule has 32 atom stereocenters. The molecular weight excluding hydrogens is 1720 g/mol. The van der Waals surface area contributed by atoms with Crippen molar-refractivity contribution < 1.29 is 212 Å². The number of hydrogen-bond donors (Lipinski definition) is 21. The molecule has 43 heteroatoms. The Morgan fingerprint density at radius 1 is 0.426 bits per heavy atom. The van der Waals surface area contributed by atoms with Gasteiger partial charge in [-0.05, 0) is 91.7 Å². The number of esters is 2. The number of carbonyl (C=O) groups is 4. The number of ketones is 2. The van der Waals surface area contributed by atoms with Crippen molar-refractivity contribution in [1.82, 2.24) is 0 Å². The van der Waals surface area contributed by atoms with Crippen LogP contribution in [0, 0.1) is 11.8 Å². The van der Waals surface area contributed by atoms with E-state index in [0.29, 0.717) is 0 Å². The number of methoxy groups -OCH3 is 4. The van der Waals surface area contributed by atoms with Gasteiger partial charge in [-0.25, -0.2) is 0 Å². The van der Waals surface area contributed by atoms with Crippen LogP contribution in [-0.4, -0.2) is 340 Å². The van der Waals surface area contributed by atoms with E-state index in [1.165, 1.54) is 55.4 Å². The number of aromatic hydroxyl groups is 5. The minimum atomic E-state index is -3.91. The van der Waals surface area contributed by atoms with Crippen LogP contribution >= 0.6 is 0 Å². The molecule has 4 aliphatic carbocycles. The van der Waals surface area contributed by atoms with Gasteiger partial charge in [0.1, 0.15) is 53.2 Å². The summed E-state index contributed by atoms with van der Waals surface area (Å²) in [6, 6.07) is 1.08. The molecule has 21 N–H and O–H groups in total. The molecule has 0 bridgehead atoms. The van der Waals surface area contributed by atoms with Crippen LogP contribution in [0.5, 0.6) is 51.7 Å². The van der Waals surface area contributed by atoms with Gasteiger partial charge < -0.3 is 193 Å². The van der Waals surface area contributed by atoms with E-state index in [9.17, 15) is 117 Å². The van der Waals surface area contributed by atoms with Crippen molar-refractivity contribution in [2.45, 2.75) is 352 Å². The average molecular weight is 1840 g/mol. The van der Waals surface area contributed by atoms with Crippen molar-refractivity contribution in [2.75, 3.05) is 28.4 Å². The maximum atomic E-state index is 16.5. The number of ether oxygens (including phenoxy) is 18. The lowest BCUT2D eigenvalue weighted by atomic mass is 9.51. The van der Waals surface area contributed by atoms with Crippen LogP contribution in [0.25, 0.3) is 32.7 Å². The second kappa shape index (κ2) is 34.9. The summed E-state index contributed by atoms with van der Waals surface area (Å²) < 4.78 is 108. The Balaban J connectivity index is 0.883. The SMILES string of the molecule is CCC[C@@]1(O)[C@@](O)(O[C@H]2CC[C@H](O[C@H]3CC[C@@](O)(OC(C)=O)[C@H](C)O3)[C@@H](C)O2)[C@H](O)[C@@](O)(O[C@H]2C[C@@H](O)[C@@H](O)[C@H](C)O2)[C@@H]2Cc3cc4c(OC)c(OC)c(-c5c(OC)c(OC)c6c(O)c7c(c(O)c6c5O)C(=O)[C@]5(O)[C@@H](C7)[C@](O)(O[C@H]6C[C@@H](O)[C@@H](O)[C@H](C)O6)[C@@H](O)[C@](O)(O[C@H]6CC[C@H](O[C@H]7CC[C@@](O)(OC(C)=O)[C@H](C)O7)[C@@H](C)O6)[C@]5(O)CCC)c(O)c4c(O)c3C(=O)[C@]21O. The second-order valence-corrected chi connectivity index (χ2v) is 35.7. The van der Waals surface area contributed by atoms with Crippen LogP contribution in [-0.2, 0) is 88.7 Å². The highest BCUT2D eigenvalue weighted by atomic mass is 16.8. The average Bonchev–Trinajstić information content (AvgIpc) is 0.663. The van der Waals surface area contributed by atoms with E-state index in [2.05, 4.69) is 0 Å². The maximum Gasteiger partial charge on any atom is 0.305 e. The van der Waals surface area contributed by atoms with E-state index in [-0.39, 0.29) is 64.2 Å². The van der Waals surface area contributed by atoms with E-state index in [1.807, 2.05) is 0 Å². The van der Waals surface area contributed by atoms with Gasteiger partial charge in [0.25, 0.3) is 0 Å². The highest BCUT2D eigenvalue weighted by Crippen LogP contribution is 2.68. The van der Waals surface area contributed by atoms with Crippen molar-refractivity contribution >= 4 is 45.0 Å². The van der Waals surface area contributed by atoms with Gasteiger partial charge in [-0.1, -0.05) is 26.7 Å². The first-order valence-electron chi connectivity index (χ1n) is 43.1. The van der Waals surface area contributed by atoms with Gasteiger partial charge in [-0.3, -0.25) is 19.2 Å². The zero-order valence-electron chi connectivity index (χ0n) is 73.5. The van der Waals surface area contributed by atoms with E-state index >= 15 is 9.59 Å². The van der Waals surface area contributed by atoms with Crippen LogP contribution in [0.2, 0.25) is 0 Å². The van der Waals surface area contributed by atoms with Crippen LogP contribution in [0.4, 0.5) is 0 Å². The molecule has 0 radical (unpaired) electrons. The molecule has 2 saturated carbocycles. The molecule has 6 heterocycles. The third kappa shape index (κ3) is 15.0. The number of phenolic OH excluding ortho intramolecular Hbond substituents is 5. The quantitative estimate of drug-likeness (QED) is 0.0266. The van der Waals surface area contributed by atoms with Gasteiger partial charge >= 0.3 is 11.9 Å². The molecule has 4 aromatic rings. The predicted octanol–water partition coefficient (Wildman–Crippen LogP) is 0.114. The summed E-state index contributed by atoms with van der Waals surface area (Å²) in [5.74, 6) is -38.5. The number of aliphatic hydroxyl groups is 16. The summed E-state index contributed by atoms with van der Waals surface area (Å²) in [6.45, 7) is 13.6. The first kappa shape index (κ1) is 97.8. The highest BCUT2D eigenvalue weighted by Gasteiger charge is 2.85.